The van der Waals surface area contributed by atoms with Crippen LogP contribution in [0.15, 0.2) is 54.6 Å². The van der Waals surface area contributed by atoms with E-state index in [1.165, 1.54) is 0 Å². The first-order valence-corrected chi connectivity index (χ1v) is 6.14. The number of carbonyl (C=O) groups is 1. The summed E-state index contributed by atoms with van der Waals surface area (Å²) >= 11 is 5.52. The fourth-order valence-corrected chi connectivity index (χ4v) is 1.66. The van der Waals surface area contributed by atoms with Gasteiger partial charge in [0.25, 0.3) is 0 Å². The van der Waals surface area contributed by atoms with E-state index >= 15 is 0 Å². The second kappa shape index (κ2) is 6.19. The van der Waals surface area contributed by atoms with Gasteiger partial charge in [0.1, 0.15) is 0 Å². The highest BCUT2D eigenvalue weighted by Gasteiger charge is 2.05. The monoisotopic (exact) mass is 270 g/mol. The minimum absolute atomic E-state index is 0.264. The lowest BCUT2D eigenvalue weighted by atomic mass is 10.1. The summed E-state index contributed by atoms with van der Waals surface area (Å²) in [7, 11) is 0. The zero-order valence-electron chi connectivity index (χ0n) is 10.0. The van der Waals surface area contributed by atoms with E-state index < -0.39 is 5.56 Å². The van der Waals surface area contributed by atoms with Crippen LogP contribution in [0.25, 0.3) is 0 Å². The standard InChI is InChI=1S/C16H11ClO2/c17-16(19)14-9-7-13(8-10-14)15(18)11-6-12-4-2-1-3-5-12/h1-5,7-10,16,19H. The van der Waals surface area contributed by atoms with Crippen molar-refractivity contribution in [3.05, 3.63) is 71.3 Å². The molecule has 2 rings (SSSR count). The minimum atomic E-state index is -1.06. The van der Waals surface area contributed by atoms with Crippen LogP contribution in [0, 0.1) is 11.8 Å². The molecule has 0 bridgehead atoms. The molecule has 0 amide bonds. The fraction of sp³-hybridized carbons (Fsp3) is 0.0625. The normalized spacial score (nSPS) is 11.3. The highest BCUT2D eigenvalue weighted by Crippen LogP contribution is 2.17. The molecule has 0 heterocycles. The summed E-state index contributed by atoms with van der Waals surface area (Å²) in [5, 5.41) is 9.16. The molecule has 19 heavy (non-hydrogen) atoms. The smallest absolute Gasteiger partial charge is 0.236 e. The zero-order valence-corrected chi connectivity index (χ0v) is 10.8. The molecule has 0 spiro atoms. The van der Waals surface area contributed by atoms with Crippen molar-refractivity contribution in [2.75, 3.05) is 0 Å². The predicted molar refractivity (Wildman–Crippen MR) is 74.9 cm³/mol. The lowest BCUT2D eigenvalue weighted by Crippen LogP contribution is -1.96. The molecule has 0 radical (unpaired) electrons. The van der Waals surface area contributed by atoms with E-state index in [2.05, 4.69) is 11.8 Å². The molecule has 3 heteroatoms. The van der Waals surface area contributed by atoms with Crippen LogP contribution in [-0.4, -0.2) is 10.9 Å². The zero-order chi connectivity index (χ0) is 13.7. The van der Waals surface area contributed by atoms with Crippen molar-refractivity contribution >= 4 is 17.4 Å². The molecule has 2 nitrogen and oxygen atoms in total. The third-order valence-corrected chi connectivity index (χ3v) is 2.79. The number of aliphatic hydroxyl groups is 1. The summed E-state index contributed by atoms with van der Waals surface area (Å²) in [5.74, 6) is 5.12. The van der Waals surface area contributed by atoms with Crippen molar-refractivity contribution in [1.82, 2.24) is 0 Å². The number of Topliss-reactive ketones (excluding diaryl/α,β-unsaturated/α-hetero) is 1. The molecule has 1 unspecified atom stereocenters. The molecule has 2 aromatic carbocycles. The number of alkyl halides is 1. The van der Waals surface area contributed by atoms with Crippen LogP contribution >= 0.6 is 11.6 Å². The number of carbonyl (C=O) groups excluding carboxylic acids is 1. The molecule has 94 valence electrons. The molecule has 0 aliphatic rings. The molecule has 0 fully saturated rings. The molecule has 0 aliphatic carbocycles. The summed E-state index contributed by atoms with van der Waals surface area (Å²) < 4.78 is 0. The topological polar surface area (TPSA) is 37.3 Å². The van der Waals surface area contributed by atoms with Crippen molar-refractivity contribution in [3.63, 3.8) is 0 Å². The molecule has 2 aromatic rings. The van der Waals surface area contributed by atoms with Gasteiger partial charge in [-0.1, -0.05) is 47.9 Å². The van der Waals surface area contributed by atoms with E-state index in [1.54, 1.807) is 24.3 Å². The second-order valence-corrected chi connectivity index (χ2v) is 4.32. The van der Waals surface area contributed by atoms with Crippen molar-refractivity contribution in [3.8, 4) is 11.8 Å². The van der Waals surface area contributed by atoms with E-state index in [9.17, 15) is 4.79 Å². The molecule has 0 aliphatic heterocycles. The third kappa shape index (κ3) is 3.69. The van der Waals surface area contributed by atoms with Gasteiger partial charge in [0.05, 0.1) is 0 Å². The van der Waals surface area contributed by atoms with E-state index in [4.69, 9.17) is 16.7 Å². The highest BCUT2D eigenvalue weighted by molar-refractivity contribution is 6.19. The summed E-state index contributed by atoms with van der Waals surface area (Å²) in [4.78, 5) is 11.8. The van der Waals surface area contributed by atoms with Crippen LogP contribution < -0.4 is 0 Å². The average Bonchev–Trinajstić information content (AvgIpc) is 2.46. The molecule has 0 saturated carbocycles. The Bertz CT molecular complexity index is 619. The van der Waals surface area contributed by atoms with Gasteiger partial charge in [-0.2, -0.15) is 0 Å². The van der Waals surface area contributed by atoms with Gasteiger partial charge in [0, 0.05) is 11.1 Å². The maximum atomic E-state index is 11.8. The summed E-state index contributed by atoms with van der Waals surface area (Å²) in [6.45, 7) is 0. The number of hydrogen-bond acceptors (Lipinski definition) is 2. The largest absolute Gasteiger partial charge is 0.373 e. The molecule has 0 saturated heterocycles. The van der Waals surface area contributed by atoms with Crippen molar-refractivity contribution < 1.29 is 9.90 Å². The van der Waals surface area contributed by atoms with Crippen molar-refractivity contribution in [2.24, 2.45) is 0 Å². The van der Waals surface area contributed by atoms with Gasteiger partial charge in [-0.25, -0.2) is 0 Å². The summed E-state index contributed by atoms with van der Waals surface area (Å²) in [5.41, 5.74) is 0.766. The van der Waals surface area contributed by atoms with Gasteiger partial charge < -0.3 is 5.11 Å². The van der Waals surface area contributed by atoms with Crippen LogP contribution in [0.1, 0.15) is 27.0 Å². The third-order valence-electron chi connectivity index (χ3n) is 2.54. The Morgan fingerprint density at radius 1 is 1.05 bits per heavy atom. The first-order chi connectivity index (χ1) is 9.16. The van der Waals surface area contributed by atoms with Gasteiger partial charge in [-0.3, -0.25) is 4.79 Å². The Hall–Kier alpha value is -2.08. The van der Waals surface area contributed by atoms with Crippen LogP contribution in [0.5, 0.6) is 0 Å². The lowest BCUT2D eigenvalue weighted by Gasteiger charge is -2.02. The van der Waals surface area contributed by atoms with E-state index in [-0.39, 0.29) is 5.78 Å². The Labute approximate surface area is 116 Å². The number of rotatable bonds is 2. The predicted octanol–water partition coefficient (Wildman–Crippen LogP) is 3.15. The minimum Gasteiger partial charge on any atom is -0.373 e. The Morgan fingerprint density at radius 3 is 2.26 bits per heavy atom. The highest BCUT2D eigenvalue weighted by atomic mass is 35.5. The van der Waals surface area contributed by atoms with Crippen molar-refractivity contribution in [1.29, 1.82) is 0 Å². The Kier molecular flexibility index (Phi) is 4.35. The summed E-state index contributed by atoms with van der Waals surface area (Å²) in [6.07, 6.45) is 0. The summed E-state index contributed by atoms with van der Waals surface area (Å²) in [6, 6.07) is 15.7. The molecule has 0 aromatic heterocycles. The molecular formula is C16H11ClO2. The Balaban J connectivity index is 2.15. The number of ketones is 1. The number of aliphatic hydroxyl groups excluding tert-OH is 1. The first kappa shape index (κ1) is 13.4. The quantitative estimate of drug-likeness (QED) is 0.517. The maximum Gasteiger partial charge on any atom is 0.236 e. The van der Waals surface area contributed by atoms with E-state index in [0.29, 0.717) is 11.1 Å². The van der Waals surface area contributed by atoms with Crippen LogP contribution in [0.2, 0.25) is 0 Å². The van der Waals surface area contributed by atoms with Gasteiger partial charge in [-0.15, -0.1) is 0 Å². The molecule has 1 N–H and O–H groups in total. The van der Waals surface area contributed by atoms with Gasteiger partial charge in [0.2, 0.25) is 5.78 Å². The van der Waals surface area contributed by atoms with Crippen LogP contribution in [0.3, 0.4) is 0 Å². The van der Waals surface area contributed by atoms with Gasteiger partial charge in [-0.05, 0) is 35.7 Å². The van der Waals surface area contributed by atoms with E-state index in [1.807, 2.05) is 30.3 Å². The first-order valence-electron chi connectivity index (χ1n) is 5.70. The van der Waals surface area contributed by atoms with E-state index in [0.717, 1.165) is 5.56 Å². The lowest BCUT2D eigenvalue weighted by molar-refractivity contribution is 0.105. The number of hydrogen-bond donors (Lipinski definition) is 1. The van der Waals surface area contributed by atoms with Gasteiger partial charge >= 0.3 is 0 Å². The SMILES string of the molecule is O=C(C#Cc1ccccc1)c1ccc(C(O)Cl)cc1. The van der Waals surface area contributed by atoms with Crippen LogP contribution in [-0.2, 0) is 0 Å². The molecular weight excluding hydrogens is 260 g/mol. The van der Waals surface area contributed by atoms with Gasteiger partial charge in [0.15, 0.2) is 5.56 Å². The average molecular weight is 271 g/mol. The van der Waals surface area contributed by atoms with Crippen molar-refractivity contribution in [2.45, 2.75) is 5.56 Å². The fourth-order valence-electron chi connectivity index (χ4n) is 1.52. The number of halogens is 1. The second-order valence-electron chi connectivity index (χ2n) is 3.90. The number of benzene rings is 2. The molecule has 1 atom stereocenters. The Morgan fingerprint density at radius 2 is 1.68 bits per heavy atom. The maximum absolute atomic E-state index is 11.8. The van der Waals surface area contributed by atoms with Crippen LogP contribution in [0.4, 0.5) is 0 Å².